The Labute approximate surface area is 96.3 Å². The Morgan fingerprint density at radius 2 is 1.83 bits per heavy atom. The molecule has 0 aromatic heterocycles. The van der Waals surface area contributed by atoms with Crippen LogP contribution >= 0.6 is 24.8 Å². The Bertz CT molecular complexity index is 250. The average molecular weight is 249 g/mol. The first-order valence-electron chi connectivity index (χ1n) is 3.23. The molecule has 12 heavy (non-hydrogen) atoms. The van der Waals surface area contributed by atoms with E-state index < -0.39 is 0 Å². The van der Waals surface area contributed by atoms with Crippen molar-refractivity contribution < 1.29 is 19.5 Å². The molecule has 0 aliphatic carbocycles. The summed E-state index contributed by atoms with van der Waals surface area (Å²) in [6.45, 7) is 0. The summed E-state index contributed by atoms with van der Waals surface area (Å²) < 4.78 is 0.580. The molecular formula is C8H9NS2Zn. The third kappa shape index (κ3) is 3.22. The van der Waals surface area contributed by atoms with E-state index in [1.54, 1.807) is 0 Å². The number of thiol groups is 1. The minimum absolute atomic E-state index is 0. The molecule has 1 rings (SSSR count). The molecule has 0 fully saturated rings. The van der Waals surface area contributed by atoms with Gasteiger partial charge in [-0.2, -0.15) is 0 Å². The molecule has 1 aromatic rings. The molecule has 0 saturated heterocycles. The Morgan fingerprint density at radius 3 is 2.25 bits per heavy atom. The van der Waals surface area contributed by atoms with Crippen LogP contribution in [0.15, 0.2) is 30.3 Å². The maximum atomic E-state index is 4.89. The molecule has 0 bridgehead atoms. The SMILES string of the molecule is CN(C(=S)S)c1ccccc1.[Zn]. The van der Waals surface area contributed by atoms with Gasteiger partial charge in [0.2, 0.25) is 0 Å². The second-order valence-corrected chi connectivity index (χ2v) is 3.29. The van der Waals surface area contributed by atoms with Gasteiger partial charge in [0.1, 0.15) is 4.32 Å². The van der Waals surface area contributed by atoms with E-state index in [1.807, 2.05) is 42.3 Å². The molecule has 0 radical (unpaired) electrons. The molecule has 0 unspecified atom stereocenters. The van der Waals surface area contributed by atoms with E-state index in [2.05, 4.69) is 12.6 Å². The van der Waals surface area contributed by atoms with Crippen molar-refractivity contribution in [3.63, 3.8) is 0 Å². The van der Waals surface area contributed by atoms with Crippen LogP contribution in [0.2, 0.25) is 0 Å². The standard InChI is InChI=1S/C8H9NS2.Zn/c1-9(8(10)11)7-5-3-2-4-6-7;/h2-6H,1H3,(H,10,11);. The fraction of sp³-hybridized carbons (Fsp3) is 0.125. The van der Waals surface area contributed by atoms with Crippen molar-refractivity contribution >= 4 is 34.9 Å². The topological polar surface area (TPSA) is 3.24 Å². The van der Waals surface area contributed by atoms with Crippen LogP contribution in [0.1, 0.15) is 0 Å². The third-order valence-electron chi connectivity index (χ3n) is 1.43. The maximum Gasteiger partial charge on any atom is 0.137 e. The zero-order chi connectivity index (χ0) is 8.27. The van der Waals surface area contributed by atoms with Gasteiger partial charge in [-0.15, -0.1) is 12.6 Å². The predicted molar refractivity (Wildman–Crippen MR) is 56.4 cm³/mol. The summed E-state index contributed by atoms with van der Waals surface area (Å²) in [6, 6.07) is 9.89. The van der Waals surface area contributed by atoms with Gasteiger partial charge < -0.3 is 4.90 Å². The van der Waals surface area contributed by atoms with Crippen molar-refractivity contribution in [2.75, 3.05) is 11.9 Å². The quantitative estimate of drug-likeness (QED) is 0.462. The van der Waals surface area contributed by atoms with Crippen molar-refractivity contribution in [1.29, 1.82) is 0 Å². The summed E-state index contributed by atoms with van der Waals surface area (Å²) in [5, 5.41) is 0. The van der Waals surface area contributed by atoms with Gasteiger partial charge in [-0.1, -0.05) is 30.4 Å². The number of para-hydroxylation sites is 1. The Morgan fingerprint density at radius 1 is 1.33 bits per heavy atom. The molecule has 0 heterocycles. The first-order chi connectivity index (χ1) is 5.22. The van der Waals surface area contributed by atoms with Crippen LogP contribution in [-0.4, -0.2) is 11.4 Å². The van der Waals surface area contributed by atoms with Gasteiger partial charge in [0.25, 0.3) is 0 Å². The van der Waals surface area contributed by atoms with Crippen molar-refractivity contribution in [2.45, 2.75) is 0 Å². The van der Waals surface area contributed by atoms with E-state index in [4.69, 9.17) is 12.2 Å². The monoisotopic (exact) mass is 247 g/mol. The molecule has 4 heteroatoms. The fourth-order valence-corrected chi connectivity index (χ4v) is 0.983. The van der Waals surface area contributed by atoms with Crippen LogP contribution in [0.25, 0.3) is 0 Å². The van der Waals surface area contributed by atoms with E-state index in [1.165, 1.54) is 0 Å². The number of rotatable bonds is 1. The minimum atomic E-state index is 0. The Hall–Kier alpha value is 0.0834. The number of nitrogens with zero attached hydrogens (tertiary/aromatic N) is 1. The molecule has 0 amide bonds. The minimum Gasteiger partial charge on any atom is -0.331 e. The molecule has 60 valence electrons. The smallest absolute Gasteiger partial charge is 0.137 e. The van der Waals surface area contributed by atoms with Gasteiger partial charge in [-0.05, 0) is 12.1 Å². The Balaban J connectivity index is 0.00000121. The fourth-order valence-electron chi connectivity index (χ4n) is 0.762. The molecule has 0 aliphatic heterocycles. The molecule has 0 saturated carbocycles. The second-order valence-electron chi connectivity index (χ2n) is 2.18. The number of hydrogen-bond donors (Lipinski definition) is 1. The van der Waals surface area contributed by atoms with Gasteiger partial charge in [0.15, 0.2) is 0 Å². The van der Waals surface area contributed by atoms with Crippen LogP contribution in [0.5, 0.6) is 0 Å². The summed E-state index contributed by atoms with van der Waals surface area (Å²) in [6.07, 6.45) is 0. The van der Waals surface area contributed by atoms with Crippen molar-refractivity contribution in [3.05, 3.63) is 30.3 Å². The molecule has 0 atom stereocenters. The molecule has 1 aromatic carbocycles. The molecule has 0 aliphatic rings. The van der Waals surface area contributed by atoms with E-state index in [9.17, 15) is 0 Å². The van der Waals surface area contributed by atoms with Crippen LogP contribution in [0, 0.1) is 0 Å². The normalized spacial score (nSPS) is 8.50. The van der Waals surface area contributed by atoms with Gasteiger partial charge in [-0.25, -0.2) is 0 Å². The van der Waals surface area contributed by atoms with Gasteiger partial charge in [0, 0.05) is 32.2 Å². The molecule has 0 spiro atoms. The summed E-state index contributed by atoms with van der Waals surface area (Å²) in [7, 11) is 1.89. The van der Waals surface area contributed by atoms with Crippen molar-refractivity contribution in [1.82, 2.24) is 0 Å². The van der Waals surface area contributed by atoms with Gasteiger partial charge in [-0.3, -0.25) is 0 Å². The van der Waals surface area contributed by atoms with Crippen molar-refractivity contribution in [3.8, 4) is 0 Å². The van der Waals surface area contributed by atoms with Crippen molar-refractivity contribution in [2.24, 2.45) is 0 Å². The molecular weight excluding hydrogens is 240 g/mol. The second kappa shape index (κ2) is 5.68. The van der Waals surface area contributed by atoms with Crippen LogP contribution in [0.4, 0.5) is 5.69 Å². The summed E-state index contributed by atoms with van der Waals surface area (Å²) in [5.74, 6) is 0. The molecule has 1 nitrogen and oxygen atoms in total. The summed E-state index contributed by atoms with van der Waals surface area (Å²) >= 11 is 8.95. The third-order valence-corrected chi connectivity index (χ3v) is 2.00. The maximum absolute atomic E-state index is 4.89. The number of thiocarbonyl (C=S) groups is 1. The predicted octanol–water partition coefficient (Wildman–Crippen LogP) is 2.33. The Kier molecular flexibility index (Phi) is 5.72. The van der Waals surface area contributed by atoms with Crippen LogP contribution in [-0.2, 0) is 19.5 Å². The van der Waals surface area contributed by atoms with Gasteiger partial charge >= 0.3 is 0 Å². The van der Waals surface area contributed by atoms with E-state index in [-0.39, 0.29) is 19.5 Å². The zero-order valence-electron chi connectivity index (χ0n) is 6.90. The summed E-state index contributed by atoms with van der Waals surface area (Å²) in [4.78, 5) is 1.85. The number of anilines is 1. The van der Waals surface area contributed by atoms with Crippen LogP contribution < -0.4 is 4.90 Å². The largest absolute Gasteiger partial charge is 0.331 e. The van der Waals surface area contributed by atoms with E-state index >= 15 is 0 Å². The van der Waals surface area contributed by atoms with E-state index in [0.717, 1.165) is 5.69 Å². The first kappa shape index (κ1) is 12.1. The zero-order valence-corrected chi connectivity index (χ0v) is 11.6. The van der Waals surface area contributed by atoms with Crippen LogP contribution in [0.3, 0.4) is 0 Å². The average Bonchev–Trinajstić information content (AvgIpc) is 2.05. The first-order valence-corrected chi connectivity index (χ1v) is 4.09. The molecule has 0 N–H and O–H groups in total. The van der Waals surface area contributed by atoms with E-state index in [0.29, 0.717) is 4.32 Å². The van der Waals surface area contributed by atoms with Gasteiger partial charge in [0.05, 0.1) is 0 Å². The summed E-state index contributed by atoms with van der Waals surface area (Å²) in [5.41, 5.74) is 1.06. The number of hydrogen-bond acceptors (Lipinski definition) is 1. The number of benzene rings is 1.